The van der Waals surface area contributed by atoms with Crippen LogP contribution in [-0.2, 0) is 38.8 Å². The number of benzene rings is 4. The normalized spacial score (nSPS) is 12.4. The standard InChI is InChI=1S/C35H35ClF3N3O4S/c1-24(2)40-34(44)32(20-26-9-5-4-6-10-26)41(22-27-11-7-13-29(36)19-27)33(43)23-42(30-14-8-12-28(21-30)35(37,38)39)47(45,46)31-17-15-25(3)16-18-31/h4-19,21,24,32H,20,22-23H2,1-3H3,(H,40,44). The van der Waals surface area contributed by atoms with E-state index in [1.54, 1.807) is 81.4 Å². The van der Waals surface area contributed by atoms with Crippen molar-refractivity contribution in [2.45, 2.75) is 56.9 Å². The number of anilines is 1. The average Bonchev–Trinajstić information content (AvgIpc) is 3.01. The molecular formula is C35H35ClF3N3O4S. The Labute approximate surface area is 278 Å². The van der Waals surface area contributed by atoms with Crippen LogP contribution in [0.2, 0.25) is 5.02 Å². The van der Waals surface area contributed by atoms with Crippen LogP contribution >= 0.6 is 11.6 Å². The zero-order valence-electron chi connectivity index (χ0n) is 26.0. The first-order chi connectivity index (χ1) is 22.1. The van der Waals surface area contributed by atoms with Gasteiger partial charge in [0, 0.05) is 24.0 Å². The van der Waals surface area contributed by atoms with Crippen molar-refractivity contribution in [3.63, 3.8) is 0 Å². The number of nitrogens with one attached hydrogen (secondary N) is 1. The number of halogens is 4. The SMILES string of the molecule is Cc1ccc(S(=O)(=O)N(CC(=O)N(Cc2cccc(Cl)c2)C(Cc2ccccc2)C(=O)NC(C)C)c2cccc(C(F)(F)F)c2)cc1. The van der Waals surface area contributed by atoms with E-state index in [2.05, 4.69) is 5.32 Å². The third-order valence-corrected chi connectivity index (χ3v) is 9.32. The van der Waals surface area contributed by atoms with E-state index >= 15 is 0 Å². The monoisotopic (exact) mass is 685 g/mol. The first kappa shape index (κ1) is 35.5. The molecule has 1 N–H and O–H groups in total. The van der Waals surface area contributed by atoms with Crippen LogP contribution in [-0.4, -0.2) is 43.8 Å². The summed E-state index contributed by atoms with van der Waals surface area (Å²) in [7, 11) is -4.57. The molecule has 4 aromatic rings. The van der Waals surface area contributed by atoms with Crippen molar-refractivity contribution in [2.24, 2.45) is 0 Å². The van der Waals surface area contributed by atoms with Gasteiger partial charge in [0.1, 0.15) is 12.6 Å². The molecule has 0 spiro atoms. The largest absolute Gasteiger partial charge is 0.416 e. The maximum atomic E-state index is 14.4. The van der Waals surface area contributed by atoms with E-state index in [1.165, 1.54) is 23.1 Å². The van der Waals surface area contributed by atoms with Gasteiger partial charge in [-0.15, -0.1) is 0 Å². The molecule has 0 radical (unpaired) electrons. The van der Waals surface area contributed by atoms with Crippen molar-refractivity contribution in [3.8, 4) is 0 Å². The topological polar surface area (TPSA) is 86.8 Å². The lowest BCUT2D eigenvalue weighted by Crippen LogP contribution is -2.54. The van der Waals surface area contributed by atoms with Gasteiger partial charge in [-0.3, -0.25) is 13.9 Å². The number of hydrogen-bond donors (Lipinski definition) is 1. The van der Waals surface area contributed by atoms with E-state index in [0.29, 0.717) is 21.0 Å². The van der Waals surface area contributed by atoms with Crippen LogP contribution < -0.4 is 9.62 Å². The highest BCUT2D eigenvalue weighted by molar-refractivity contribution is 7.92. The van der Waals surface area contributed by atoms with Gasteiger partial charge < -0.3 is 10.2 Å². The molecule has 0 saturated heterocycles. The molecule has 0 heterocycles. The fraction of sp³-hybridized carbons (Fsp3) is 0.257. The lowest BCUT2D eigenvalue weighted by atomic mass is 10.0. The fourth-order valence-electron chi connectivity index (χ4n) is 4.97. The lowest BCUT2D eigenvalue weighted by Gasteiger charge is -2.34. The van der Waals surface area contributed by atoms with E-state index in [-0.39, 0.29) is 29.6 Å². The molecule has 47 heavy (non-hydrogen) atoms. The molecule has 0 aliphatic carbocycles. The van der Waals surface area contributed by atoms with E-state index in [4.69, 9.17) is 11.6 Å². The second kappa shape index (κ2) is 15.0. The molecular weight excluding hydrogens is 651 g/mol. The Kier molecular flexibility index (Phi) is 11.4. The minimum atomic E-state index is -4.77. The molecule has 0 saturated carbocycles. The van der Waals surface area contributed by atoms with Crippen LogP contribution in [0, 0.1) is 6.92 Å². The predicted molar refractivity (Wildman–Crippen MR) is 176 cm³/mol. The summed E-state index contributed by atoms with van der Waals surface area (Å²) in [5, 5.41) is 3.23. The van der Waals surface area contributed by atoms with Gasteiger partial charge in [0.05, 0.1) is 16.1 Å². The van der Waals surface area contributed by atoms with Gasteiger partial charge in [-0.25, -0.2) is 8.42 Å². The molecule has 0 bridgehead atoms. The van der Waals surface area contributed by atoms with Crippen molar-refractivity contribution in [3.05, 3.63) is 130 Å². The third-order valence-electron chi connectivity index (χ3n) is 7.29. The molecule has 0 fully saturated rings. The van der Waals surface area contributed by atoms with Crippen LogP contribution in [0.4, 0.5) is 18.9 Å². The number of aryl methyl sites for hydroxylation is 1. The number of rotatable bonds is 12. The van der Waals surface area contributed by atoms with Crippen molar-refractivity contribution >= 4 is 39.1 Å². The molecule has 0 aliphatic heterocycles. The van der Waals surface area contributed by atoms with Gasteiger partial charge in [0.25, 0.3) is 10.0 Å². The zero-order valence-corrected chi connectivity index (χ0v) is 27.6. The smallest absolute Gasteiger partial charge is 0.352 e. The minimum absolute atomic E-state index is 0.0833. The van der Waals surface area contributed by atoms with Gasteiger partial charge in [0.2, 0.25) is 11.8 Å². The summed E-state index contributed by atoms with van der Waals surface area (Å²) in [5.41, 5.74) is 0.622. The maximum Gasteiger partial charge on any atom is 0.416 e. The van der Waals surface area contributed by atoms with E-state index in [1.807, 2.05) is 6.07 Å². The van der Waals surface area contributed by atoms with Gasteiger partial charge in [0.15, 0.2) is 0 Å². The molecule has 4 aromatic carbocycles. The van der Waals surface area contributed by atoms with Crippen LogP contribution in [0.3, 0.4) is 0 Å². The Morgan fingerprint density at radius 1 is 0.851 bits per heavy atom. The summed E-state index contributed by atoms with van der Waals surface area (Å²) in [4.78, 5) is 29.2. The summed E-state index contributed by atoms with van der Waals surface area (Å²) in [5.74, 6) is -1.29. The summed E-state index contributed by atoms with van der Waals surface area (Å²) in [6, 6.07) is 23.8. The molecule has 0 aliphatic rings. The lowest BCUT2D eigenvalue weighted by molar-refractivity contribution is -0.140. The van der Waals surface area contributed by atoms with Gasteiger partial charge in [-0.2, -0.15) is 13.2 Å². The predicted octanol–water partition coefficient (Wildman–Crippen LogP) is 7.03. The highest BCUT2D eigenvalue weighted by Gasteiger charge is 2.36. The average molecular weight is 686 g/mol. The molecule has 0 aromatic heterocycles. The molecule has 1 atom stereocenters. The summed E-state index contributed by atoms with van der Waals surface area (Å²) < 4.78 is 70.1. The number of hydrogen-bond acceptors (Lipinski definition) is 4. The number of carbonyl (C=O) groups excluding carboxylic acids is 2. The number of nitrogens with zero attached hydrogens (tertiary/aromatic N) is 2. The number of alkyl halides is 3. The first-order valence-corrected chi connectivity index (χ1v) is 16.6. The summed E-state index contributed by atoms with van der Waals surface area (Å²) >= 11 is 6.24. The zero-order chi connectivity index (χ0) is 34.4. The Balaban J connectivity index is 1.85. The Morgan fingerprint density at radius 2 is 1.49 bits per heavy atom. The fourth-order valence-corrected chi connectivity index (χ4v) is 6.59. The molecule has 4 rings (SSSR count). The second-order valence-electron chi connectivity index (χ2n) is 11.4. The van der Waals surface area contributed by atoms with Gasteiger partial charge in [-0.05, 0) is 74.4 Å². The Morgan fingerprint density at radius 3 is 2.11 bits per heavy atom. The van der Waals surface area contributed by atoms with Gasteiger partial charge in [-0.1, -0.05) is 77.8 Å². The Hall–Kier alpha value is -4.35. The van der Waals surface area contributed by atoms with E-state index in [9.17, 15) is 31.2 Å². The van der Waals surface area contributed by atoms with Crippen LogP contribution in [0.25, 0.3) is 0 Å². The van der Waals surface area contributed by atoms with Crippen molar-refractivity contribution in [1.82, 2.24) is 10.2 Å². The molecule has 2 amide bonds. The summed E-state index contributed by atoms with van der Waals surface area (Å²) in [6.07, 6.45) is -4.69. The van der Waals surface area contributed by atoms with E-state index < -0.39 is 46.2 Å². The van der Waals surface area contributed by atoms with Crippen LogP contribution in [0.5, 0.6) is 0 Å². The Bertz CT molecular complexity index is 1800. The highest BCUT2D eigenvalue weighted by atomic mass is 35.5. The summed E-state index contributed by atoms with van der Waals surface area (Å²) in [6.45, 7) is 4.27. The number of carbonyl (C=O) groups is 2. The van der Waals surface area contributed by atoms with Gasteiger partial charge >= 0.3 is 6.18 Å². The molecule has 12 heteroatoms. The minimum Gasteiger partial charge on any atom is -0.352 e. The number of sulfonamides is 1. The van der Waals surface area contributed by atoms with Crippen molar-refractivity contribution in [2.75, 3.05) is 10.8 Å². The quantitative estimate of drug-likeness (QED) is 0.174. The highest BCUT2D eigenvalue weighted by Crippen LogP contribution is 2.33. The van der Waals surface area contributed by atoms with Crippen LogP contribution in [0.1, 0.15) is 36.1 Å². The third kappa shape index (κ3) is 9.36. The maximum absolute atomic E-state index is 14.4. The van der Waals surface area contributed by atoms with Crippen LogP contribution in [0.15, 0.2) is 108 Å². The second-order valence-corrected chi connectivity index (χ2v) is 13.7. The molecule has 248 valence electrons. The number of amides is 2. The van der Waals surface area contributed by atoms with Crippen molar-refractivity contribution in [1.29, 1.82) is 0 Å². The first-order valence-electron chi connectivity index (χ1n) is 14.8. The van der Waals surface area contributed by atoms with E-state index in [0.717, 1.165) is 23.3 Å². The molecule has 1 unspecified atom stereocenters. The van der Waals surface area contributed by atoms with Crippen molar-refractivity contribution < 1.29 is 31.2 Å². The molecule has 7 nitrogen and oxygen atoms in total.